The van der Waals surface area contributed by atoms with E-state index in [0.29, 0.717) is 40.3 Å². The van der Waals surface area contributed by atoms with Crippen LogP contribution in [0.25, 0.3) is 28.1 Å². The number of nitrogens with zero attached hydrogens (tertiary/aromatic N) is 4. The number of pyridine rings is 1. The summed E-state index contributed by atoms with van der Waals surface area (Å²) >= 11 is 0. The van der Waals surface area contributed by atoms with Crippen molar-refractivity contribution in [3.63, 3.8) is 0 Å². The van der Waals surface area contributed by atoms with Crippen LogP contribution in [-0.2, 0) is 6.42 Å². The molecule has 0 aliphatic heterocycles. The van der Waals surface area contributed by atoms with Crippen molar-refractivity contribution in [2.24, 2.45) is 5.73 Å². The molecule has 3 heterocycles. The third-order valence-corrected chi connectivity index (χ3v) is 7.25. The van der Waals surface area contributed by atoms with E-state index in [-0.39, 0.29) is 23.0 Å². The Morgan fingerprint density at radius 3 is 2.59 bits per heavy atom. The fourth-order valence-electron chi connectivity index (χ4n) is 5.49. The van der Waals surface area contributed by atoms with Gasteiger partial charge in [0.25, 0.3) is 5.91 Å². The molecule has 6 rings (SSSR count). The van der Waals surface area contributed by atoms with Crippen LogP contribution >= 0.6 is 0 Å². The molecule has 5 aromatic rings. The van der Waals surface area contributed by atoms with Gasteiger partial charge in [0.1, 0.15) is 11.2 Å². The number of carbonyl (C=O) groups is 1. The number of fused-ring (bicyclic) bond motifs is 1. The number of hydrogen-bond acceptors (Lipinski definition) is 5. The van der Waals surface area contributed by atoms with Gasteiger partial charge in [0, 0.05) is 23.9 Å². The number of aromatic amines is 1. The highest BCUT2D eigenvalue weighted by molar-refractivity contribution is 6.00. The van der Waals surface area contributed by atoms with Gasteiger partial charge in [-0.1, -0.05) is 38.0 Å². The van der Waals surface area contributed by atoms with Crippen LogP contribution in [0.2, 0.25) is 0 Å². The van der Waals surface area contributed by atoms with Crippen molar-refractivity contribution in [1.82, 2.24) is 24.3 Å². The van der Waals surface area contributed by atoms with Gasteiger partial charge in [-0.05, 0) is 49.6 Å². The second-order valence-electron chi connectivity index (χ2n) is 9.63. The number of benzene rings is 2. The molecule has 2 aromatic carbocycles. The molecule has 0 bridgehead atoms. The Bertz CT molecular complexity index is 1750. The van der Waals surface area contributed by atoms with Crippen molar-refractivity contribution in [3.05, 3.63) is 88.4 Å². The number of amides is 1. The Labute approximate surface area is 223 Å². The molecule has 198 valence electrons. The molecule has 3 N–H and O–H groups in total. The van der Waals surface area contributed by atoms with Crippen LogP contribution in [0.3, 0.4) is 0 Å². The molecule has 10 heteroatoms. The molecule has 9 nitrogen and oxygen atoms in total. The van der Waals surface area contributed by atoms with Gasteiger partial charge in [-0.15, -0.1) is 0 Å². The number of halogens is 1. The van der Waals surface area contributed by atoms with Gasteiger partial charge in [0.05, 0.1) is 16.9 Å². The van der Waals surface area contributed by atoms with E-state index in [1.807, 2.05) is 37.3 Å². The van der Waals surface area contributed by atoms with E-state index in [2.05, 4.69) is 15.1 Å². The number of hydrogen-bond donors (Lipinski definition) is 2. The van der Waals surface area contributed by atoms with Crippen molar-refractivity contribution >= 4 is 17.1 Å². The van der Waals surface area contributed by atoms with Crippen molar-refractivity contribution < 1.29 is 13.9 Å². The maximum atomic E-state index is 15.5. The molecule has 0 saturated heterocycles. The topological polar surface area (TPSA) is 121 Å². The van der Waals surface area contributed by atoms with Crippen molar-refractivity contribution in [1.29, 1.82) is 0 Å². The fraction of sp³-hybridized carbons (Fsp3) is 0.241. The summed E-state index contributed by atoms with van der Waals surface area (Å²) in [6.07, 6.45) is 5.89. The van der Waals surface area contributed by atoms with Gasteiger partial charge >= 0.3 is 5.69 Å². The lowest BCUT2D eigenvalue weighted by Crippen LogP contribution is -2.20. The number of nitrogens with two attached hydrogens (primary N) is 1. The molecular formula is C29H27FN6O3. The van der Waals surface area contributed by atoms with E-state index < -0.39 is 11.7 Å². The lowest BCUT2D eigenvalue weighted by Gasteiger charge is -2.14. The predicted octanol–water partition coefficient (Wildman–Crippen LogP) is 5.29. The number of para-hydroxylation sites is 1. The summed E-state index contributed by atoms with van der Waals surface area (Å²) < 4.78 is 24.9. The summed E-state index contributed by atoms with van der Waals surface area (Å²) in [6.45, 7) is 1.91. The minimum Gasteiger partial charge on any atom is -0.452 e. The van der Waals surface area contributed by atoms with Crippen molar-refractivity contribution in [2.75, 3.05) is 0 Å². The van der Waals surface area contributed by atoms with Crippen molar-refractivity contribution in [2.45, 2.75) is 45.1 Å². The third-order valence-electron chi connectivity index (χ3n) is 7.25. The molecule has 0 unspecified atom stereocenters. The first kappa shape index (κ1) is 24.6. The largest absolute Gasteiger partial charge is 0.452 e. The minimum absolute atomic E-state index is 0.0308. The second-order valence-corrected chi connectivity index (χ2v) is 9.63. The quantitative estimate of drug-likeness (QED) is 0.299. The van der Waals surface area contributed by atoms with Crippen LogP contribution in [0.15, 0.2) is 65.6 Å². The van der Waals surface area contributed by atoms with Crippen LogP contribution in [0.1, 0.15) is 54.7 Å². The number of imidazole rings is 1. The summed E-state index contributed by atoms with van der Waals surface area (Å²) in [6, 6.07) is 15.5. The smallest absolute Gasteiger partial charge is 0.328 e. The van der Waals surface area contributed by atoms with Crippen LogP contribution < -0.4 is 16.2 Å². The first-order chi connectivity index (χ1) is 19.0. The number of ether oxygens (including phenoxy) is 1. The average molecular weight is 527 g/mol. The summed E-state index contributed by atoms with van der Waals surface area (Å²) in [5.74, 6) is -0.986. The first-order valence-electron chi connectivity index (χ1n) is 13.0. The Balaban J connectivity index is 1.41. The van der Waals surface area contributed by atoms with E-state index >= 15 is 4.39 Å². The molecule has 39 heavy (non-hydrogen) atoms. The summed E-state index contributed by atoms with van der Waals surface area (Å²) in [5, 5.41) is 4.65. The van der Waals surface area contributed by atoms with Gasteiger partial charge in [-0.3, -0.25) is 14.3 Å². The van der Waals surface area contributed by atoms with E-state index in [1.165, 1.54) is 18.3 Å². The molecule has 1 aliphatic rings. The van der Waals surface area contributed by atoms with Gasteiger partial charge in [0.2, 0.25) is 0 Å². The molecule has 1 saturated carbocycles. The molecular weight excluding hydrogens is 499 g/mol. The molecule has 1 amide bonds. The summed E-state index contributed by atoms with van der Waals surface area (Å²) in [5.41, 5.74) is 8.76. The highest BCUT2D eigenvalue weighted by Gasteiger charge is 2.26. The van der Waals surface area contributed by atoms with E-state index in [4.69, 9.17) is 10.5 Å². The third kappa shape index (κ3) is 4.27. The average Bonchev–Trinajstić information content (AvgIpc) is 3.67. The Kier molecular flexibility index (Phi) is 6.22. The maximum absolute atomic E-state index is 15.5. The maximum Gasteiger partial charge on any atom is 0.328 e. The second kappa shape index (κ2) is 9.86. The molecule has 0 radical (unpaired) electrons. The number of carbonyl (C=O) groups excluding carboxylic acids is 1. The molecule has 0 spiro atoms. The van der Waals surface area contributed by atoms with E-state index in [9.17, 15) is 9.59 Å². The molecule has 3 aromatic heterocycles. The molecule has 0 atom stereocenters. The van der Waals surface area contributed by atoms with Crippen LogP contribution in [0.4, 0.5) is 4.39 Å². The van der Waals surface area contributed by atoms with E-state index in [0.717, 1.165) is 31.4 Å². The van der Waals surface area contributed by atoms with Crippen LogP contribution in [0.5, 0.6) is 11.5 Å². The zero-order valence-corrected chi connectivity index (χ0v) is 21.4. The minimum atomic E-state index is -0.648. The molecule has 1 fully saturated rings. The number of primary amides is 1. The number of aromatic nitrogens is 5. The van der Waals surface area contributed by atoms with Crippen LogP contribution in [-0.4, -0.2) is 30.2 Å². The van der Waals surface area contributed by atoms with Crippen LogP contribution in [0, 0.1) is 5.82 Å². The number of H-pyrrole nitrogens is 1. The predicted molar refractivity (Wildman–Crippen MR) is 145 cm³/mol. The summed E-state index contributed by atoms with van der Waals surface area (Å²) in [7, 11) is 0. The Hall–Kier alpha value is -4.73. The normalized spacial score (nSPS) is 13.8. The van der Waals surface area contributed by atoms with Crippen molar-refractivity contribution in [3.8, 4) is 28.4 Å². The number of rotatable bonds is 7. The summed E-state index contributed by atoms with van der Waals surface area (Å²) in [4.78, 5) is 32.3. The lowest BCUT2D eigenvalue weighted by molar-refractivity contribution is 0.1000. The number of nitrogens with one attached hydrogen (secondary N) is 1. The first-order valence-corrected chi connectivity index (χ1v) is 13.0. The van der Waals surface area contributed by atoms with E-state index in [1.54, 1.807) is 21.4 Å². The monoisotopic (exact) mass is 526 g/mol. The SMILES string of the molecule is CCc1c(C(N)=O)c(-c2ccc(Oc3ccnc4[nH]c(=O)n(C5CCCC5)c34)c(F)c2)nn1-c1ccccc1. The van der Waals surface area contributed by atoms with Gasteiger partial charge in [-0.2, -0.15) is 5.10 Å². The highest BCUT2D eigenvalue weighted by Crippen LogP contribution is 2.36. The zero-order chi connectivity index (χ0) is 27.1. The highest BCUT2D eigenvalue weighted by atomic mass is 19.1. The lowest BCUT2D eigenvalue weighted by atomic mass is 10.0. The fourth-order valence-corrected chi connectivity index (χ4v) is 5.49. The molecule has 1 aliphatic carbocycles. The zero-order valence-electron chi connectivity index (χ0n) is 21.4. The van der Waals surface area contributed by atoms with Gasteiger partial charge in [0.15, 0.2) is 23.0 Å². The van der Waals surface area contributed by atoms with Gasteiger partial charge < -0.3 is 10.5 Å². The Morgan fingerprint density at radius 1 is 1.13 bits per heavy atom. The van der Waals surface area contributed by atoms with Gasteiger partial charge in [-0.25, -0.2) is 18.9 Å². The standard InChI is InChI=1S/C29H27FN6O3/c1-2-21-24(27(31)37)25(34-36(21)19-10-4-3-5-11-19)17-12-13-22(20(30)16-17)39-23-14-15-32-28-26(23)35(29(38)33-28)18-8-6-7-9-18/h3-5,10-16,18H,2,6-9H2,1H3,(H2,31,37)(H,32,33,38). The Morgan fingerprint density at radius 2 is 1.90 bits per heavy atom.